The lowest BCUT2D eigenvalue weighted by atomic mass is 9.94. The Labute approximate surface area is 211 Å². The smallest absolute Gasteiger partial charge is 0.0756 e. The van der Waals surface area contributed by atoms with Gasteiger partial charge in [0, 0.05) is 42.1 Å². The number of unbranched alkanes of at least 4 members (excludes halogenated alkanes) is 5. The summed E-state index contributed by atoms with van der Waals surface area (Å²) >= 11 is 2.01. The van der Waals surface area contributed by atoms with Crippen LogP contribution in [0.5, 0.6) is 0 Å². The molecule has 6 aromatic rings. The van der Waals surface area contributed by atoms with Crippen LogP contribution >= 0.6 is 11.8 Å². The minimum absolute atomic E-state index is 1.21. The lowest BCUT2D eigenvalue weighted by Gasteiger charge is -2.10. The zero-order chi connectivity index (χ0) is 23.9. The third-order valence-electron chi connectivity index (χ3n) is 7.78. The minimum Gasteiger partial charge on any atom is -0.351 e. The molecule has 0 radical (unpaired) electrons. The van der Waals surface area contributed by atoms with Gasteiger partial charge in [-0.1, -0.05) is 75.4 Å². The van der Waals surface area contributed by atoms with E-state index < -0.39 is 0 Å². The maximum Gasteiger partial charge on any atom is 0.0756 e. The van der Waals surface area contributed by atoms with E-state index >= 15 is 0 Å². The Bertz CT molecular complexity index is 1680. The van der Waals surface area contributed by atoms with E-state index in [9.17, 15) is 0 Å². The molecule has 0 aliphatic carbocycles. The van der Waals surface area contributed by atoms with E-state index in [1.807, 2.05) is 11.8 Å². The normalized spacial score (nSPS) is 12.2. The molecular formula is C32H34N2S. The monoisotopic (exact) mass is 478 g/mol. The quantitative estimate of drug-likeness (QED) is 0.120. The van der Waals surface area contributed by atoms with Crippen LogP contribution in [0.3, 0.4) is 0 Å². The fourth-order valence-electron chi connectivity index (χ4n) is 5.79. The molecule has 0 atom stereocenters. The summed E-state index contributed by atoms with van der Waals surface area (Å²) in [5.74, 6) is 1.21. The van der Waals surface area contributed by atoms with E-state index in [1.165, 1.54) is 103 Å². The van der Waals surface area contributed by atoms with Crippen LogP contribution in [-0.2, 0) is 14.1 Å². The van der Waals surface area contributed by atoms with Crippen LogP contribution in [0, 0.1) is 0 Å². The lowest BCUT2D eigenvalue weighted by Crippen LogP contribution is -1.91. The van der Waals surface area contributed by atoms with Gasteiger partial charge in [-0.2, -0.15) is 0 Å². The van der Waals surface area contributed by atoms with Crippen molar-refractivity contribution in [3.05, 3.63) is 66.9 Å². The number of aromatic nitrogens is 2. The Morgan fingerprint density at radius 3 is 1.80 bits per heavy atom. The molecule has 2 nitrogen and oxygen atoms in total. The van der Waals surface area contributed by atoms with Gasteiger partial charge in [0.25, 0.3) is 0 Å². The summed E-state index contributed by atoms with van der Waals surface area (Å²) in [6.07, 6.45) is 10.3. The zero-order valence-corrected chi connectivity index (χ0v) is 21.9. The second-order valence-electron chi connectivity index (χ2n) is 10.00. The molecule has 0 N–H and O–H groups in total. The maximum absolute atomic E-state index is 2.42. The first kappa shape index (κ1) is 22.5. The van der Waals surface area contributed by atoms with Gasteiger partial charge < -0.3 is 9.13 Å². The van der Waals surface area contributed by atoms with Crippen LogP contribution < -0.4 is 0 Å². The molecule has 4 aromatic carbocycles. The highest BCUT2D eigenvalue weighted by molar-refractivity contribution is 7.99. The van der Waals surface area contributed by atoms with E-state index in [0.29, 0.717) is 0 Å². The minimum atomic E-state index is 1.21. The van der Waals surface area contributed by atoms with Crippen molar-refractivity contribution in [1.82, 2.24) is 9.13 Å². The first-order valence-electron chi connectivity index (χ1n) is 13.1. The SMILES string of the molecule is CCCCCCCCSc1cc2c3ccc4c(ccc5c4ccc4c5ccn4C)c3ccc2n1C. The molecule has 0 spiro atoms. The summed E-state index contributed by atoms with van der Waals surface area (Å²) < 4.78 is 4.58. The summed E-state index contributed by atoms with van der Waals surface area (Å²) in [6.45, 7) is 2.28. The van der Waals surface area contributed by atoms with E-state index in [4.69, 9.17) is 0 Å². The lowest BCUT2D eigenvalue weighted by molar-refractivity contribution is 0.627. The number of hydrogen-bond donors (Lipinski definition) is 0. The van der Waals surface area contributed by atoms with Crippen LogP contribution in [0.25, 0.3) is 54.1 Å². The number of benzene rings is 4. The second kappa shape index (κ2) is 9.28. The van der Waals surface area contributed by atoms with Crippen molar-refractivity contribution in [2.24, 2.45) is 14.1 Å². The van der Waals surface area contributed by atoms with Crippen molar-refractivity contribution in [2.75, 3.05) is 5.75 Å². The van der Waals surface area contributed by atoms with Crippen LogP contribution in [0.4, 0.5) is 0 Å². The second-order valence-corrected chi connectivity index (χ2v) is 11.1. The molecule has 178 valence electrons. The molecular weight excluding hydrogens is 444 g/mol. The molecule has 6 rings (SSSR count). The third-order valence-corrected chi connectivity index (χ3v) is 8.96. The number of aryl methyl sites for hydroxylation is 2. The van der Waals surface area contributed by atoms with Gasteiger partial charge in [-0.05, 0) is 68.8 Å². The topological polar surface area (TPSA) is 9.86 Å². The zero-order valence-electron chi connectivity index (χ0n) is 21.1. The molecule has 0 unspecified atom stereocenters. The van der Waals surface area contributed by atoms with Gasteiger partial charge >= 0.3 is 0 Å². The predicted molar refractivity (Wildman–Crippen MR) is 156 cm³/mol. The Balaban J connectivity index is 1.38. The Morgan fingerprint density at radius 1 is 0.571 bits per heavy atom. The van der Waals surface area contributed by atoms with Crippen molar-refractivity contribution in [1.29, 1.82) is 0 Å². The molecule has 0 saturated heterocycles. The third kappa shape index (κ3) is 3.81. The van der Waals surface area contributed by atoms with Gasteiger partial charge in [0.1, 0.15) is 0 Å². The molecule has 0 aliphatic heterocycles. The van der Waals surface area contributed by atoms with Crippen molar-refractivity contribution in [3.63, 3.8) is 0 Å². The van der Waals surface area contributed by atoms with Crippen LogP contribution in [-0.4, -0.2) is 14.9 Å². The standard InChI is InChI=1S/C32H34N2S/c1-4-5-6-7-8-9-20-35-32-21-29-27-13-11-22-23(25(27)15-17-31(29)34(32)3)10-12-26-24(22)14-16-30-28(26)18-19-33(30)2/h10-19,21H,4-9,20H2,1-3H3. The Hall–Kier alpha value is -2.91. The van der Waals surface area contributed by atoms with E-state index in [-0.39, 0.29) is 0 Å². The highest BCUT2D eigenvalue weighted by Crippen LogP contribution is 2.38. The van der Waals surface area contributed by atoms with E-state index in [1.54, 1.807) is 0 Å². The van der Waals surface area contributed by atoms with Crippen LogP contribution in [0.15, 0.2) is 71.9 Å². The number of rotatable bonds is 8. The molecule has 2 aromatic heterocycles. The van der Waals surface area contributed by atoms with Crippen molar-refractivity contribution in [2.45, 2.75) is 50.5 Å². The molecule has 0 aliphatic rings. The summed E-state index contributed by atoms with van der Waals surface area (Å²) in [6, 6.07) is 23.2. The maximum atomic E-state index is 2.42. The molecule has 0 bridgehead atoms. The average molecular weight is 479 g/mol. The first-order chi connectivity index (χ1) is 17.2. The molecule has 3 heteroatoms. The van der Waals surface area contributed by atoms with Crippen LogP contribution in [0.1, 0.15) is 45.4 Å². The number of fused-ring (bicyclic) bond motifs is 9. The first-order valence-corrected chi connectivity index (χ1v) is 14.1. The highest BCUT2D eigenvalue weighted by Gasteiger charge is 2.13. The summed E-state index contributed by atoms with van der Waals surface area (Å²) in [7, 11) is 4.34. The van der Waals surface area contributed by atoms with Crippen molar-refractivity contribution < 1.29 is 0 Å². The van der Waals surface area contributed by atoms with Crippen molar-refractivity contribution >= 4 is 65.9 Å². The largest absolute Gasteiger partial charge is 0.351 e. The predicted octanol–water partition coefficient (Wildman–Crippen LogP) is 9.58. The molecule has 0 amide bonds. The van der Waals surface area contributed by atoms with Gasteiger partial charge in [-0.25, -0.2) is 0 Å². The van der Waals surface area contributed by atoms with Gasteiger partial charge in [0.2, 0.25) is 0 Å². The Morgan fingerprint density at radius 2 is 1.11 bits per heavy atom. The summed E-state index contributed by atoms with van der Waals surface area (Å²) in [4.78, 5) is 0. The van der Waals surface area contributed by atoms with E-state index in [0.717, 1.165) is 0 Å². The summed E-state index contributed by atoms with van der Waals surface area (Å²) in [5, 5.41) is 12.2. The van der Waals surface area contributed by atoms with E-state index in [2.05, 4.69) is 97.0 Å². The fraction of sp³-hybridized carbons (Fsp3) is 0.312. The average Bonchev–Trinajstić information content (AvgIpc) is 3.42. The van der Waals surface area contributed by atoms with Crippen molar-refractivity contribution in [3.8, 4) is 0 Å². The van der Waals surface area contributed by atoms with Gasteiger partial charge in [-0.15, -0.1) is 11.8 Å². The van der Waals surface area contributed by atoms with Gasteiger partial charge in [-0.3, -0.25) is 0 Å². The van der Waals surface area contributed by atoms with Gasteiger partial charge in [0.15, 0.2) is 0 Å². The molecule has 2 heterocycles. The fourth-order valence-corrected chi connectivity index (χ4v) is 6.84. The number of hydrogen-bond acceptors (Lipinski definition) is 1. The highest BCUT2D eigenvalue weighted by atomic mass is 32.2. The number of thioether (sulfide) groups is 1. The summed E-state index contributed by atoms with van der Waals surface area (Å²) in [5.41, 5.74) is 2.61. The molecule has 0 saturated carbocycles. The van der Waals surface area contributed by atoms with Crippen LogP contribution in [0.2, 0.25) is 0 Å². The number of nitrogens with zero attached hydrogens (tertiary/aromatic N) is 2. The molecule has 0 fully saturated rings. The van der Waals surface area contributed by atoms with Gasteiger partial charge in [0.05, 0.1) is 5.03 Å². The molecule has 35 heavy (non-hydrogen) atoms. The Kier molecular flexibility index (Phi) is 5.98.